The molecule has 0 aliphatic rings. The van der Waals surface area contributed by atoms with Crippen molar-refractivity contribution in [2.75, 3.05) is 7.11 Å². The monoisotopic (exact) mass is 331 g/mol. The summed E-state index contributed by atoms with van der Waals surface area (Å²) < 4.78 is 5.21. The van der Waals surface area contributed by atoms with Gasteiger partial charge in [0.2, 0.25) is 5.91 Å². The van der Waals surface area contributed by atoms with E-state index in [4.69, 9.17) is 9.84 Å². The van der Waals surface area contributed by atoms with Gasteiger partial charge < -0.3 is 15.2 Å². The second-order valence-corrected chi connectivity index (χ2v) is 5.73. The quantitative estimate of drug-likeness (QED) is 0.765. The normalized spacial score (nSPS) is 12.0. The number of carbonyl (C=O) groups excluding carboxylic acids is 1. The molecule has 1 unspecified atom stereocenters. The number of carbonyl (C=O) groups is 2. The van der Waals surface area contributed by atoms with Crippen LogP contribution in [-0.2, 0) is 9.59 Å². The second kappa shape index (κ2) is 8.14. The van der Waals surface area contributed by atoms with Crippen molar-refractivity contribution in [2.45, 2.75) is 12.5 Å². The standard InChI is InChI=1S/C17H17NO4S/c1-22-14-6-3-2-5-12(14)8-9-16(19)18-13(11-17(20)21)15-7-4-10-23-15/h2-10,13H,11H2,1H3,(H,18,19)(H,20,21)/b9-8+. The van der Waals surface area contributed by atoms with Crippen LogP contribution in [0.25, 0.3) is 6.08 Å². The first-order valence-electron chi connectivity index (χ1n) is 6.97. The maximum atomic E-state index is 12.1. The number of thiophene rings is 1. The lowest BCUT2D eigenvalue weighted by atomic mass is 10.1. The average molecular weight is 331 g/mol. The number of ether oxygens (including phenoxy) is 1. The van der Waals surface area contributed by atoms with E-state index in [2.05, 4.69) is 5.32 Å². The highest BCUT2D eigenvalue weighted by molar-refractivity contribution is 7.10. The highest BCUT2D eigenvalue weighted by atomic mass is 32.1. The van der Waals surface area contributed by atoms with E-state index in [9.17, 15) is 9.59 Å². The predicted octanol–water partition coefficient (Wildman–Crippen LogP) is 3.10. The van der Waals surface area contributed by atoms with Gasteiger partial charge in [0.25, 0.3) is 0 Å². The molecule has 1 aromatic heterocycles. The first-order chi connectivity index (χ1) is 11.1. The van der Waals surface area contributed by atoms with Gasteiger partial charge in [-0.2, -0.15) is 0 Å². The van der Waals surface area contributed by atoms with Crippen molar-refractivity contribution in [2.24, 2.45) is 0 Å². The summed E-state index contributed by atoms with van der Waals surface area (Å²) in [6.45, 7) is 0. The molecule has 1 aromatic carbocycles. The van der Waals surface area contributed by atoms with Gasteiger partial charge >= 0.3 is 5.97 Å². The van der Waals surface area contributed by atoms with E-state index in [1.165, 1.54) is 17.4 Å². The van der Waals surface area contributed by atoms with Crippen LogP contribution in [0.1, 0.15) is 22.9 Å². The smallest absolute Gasteiger partial charge is 0.305 e. The van der Waals surface area contributed by atoms with Crippen LogP contribution < -0.4 is 10.1 Å². The largest absolute Gasteiger partial charge is 0.496 e. The van der Waals surface area contributed by atoms with E-state index >= 15 is 0 Å². The maximum Gasteiger partial charge on any atom is 0.305 e. The van der Waals surface area contributed by atoms with Crippen LogP contribution >= 0.6 is 11.3 Å². The average Bonchev–Trinajstić information content (AvgIpc) is 3.06. The molecule has 0 fully saturated rings. The highest BCUT2D eigenvalue weighted by Gasteiger charge is 2.17. The number of carboxylic acids is 1. The fraction of sp³-hybridized carbons (Fsp3) is 0.176. The minimum Gasteiger partial charge on any atom is -0.496 e. The Kier molecular flexibility index (Phi) is 5.94. The summed E-state index contributed by atoms with van der Waals surface area (Å²) in [5.41, 5.74) is 0.774. The molecule has 120 valence electrons. The molecule has 0 aliphatic carbocycles. The third-order valence-corrected chi connectivity index (χ3v) is 4.12. The zero-order valence-corrected chi connectivity index (χ0v) is 13.4. The van der Waals surface area contributed by atoms with Gasteiger partial charge in [-0.15, -0.1) is 11.3 Å². The molecule has 0 spiro atoms. The highest BCUT2D eigenvalue weighted by Crippen LogP contribution is 2.22. The summed E-state index contributed by atoms with van der Waals surface area (Å²) in [5, 5.41) is 13.6. The van der Waals surface area contributed by atoms with Gasteiger partial charge in [-0.25, -0.2) is 0 Å². The summed E-state index contributed by atoms with van der Waals surface area (Å²) in [6.07, 6.45) is 2.86. The van der Waals surface area contributed by atoms with Crippen molar-refractivity contribution in [3.8, 4) is 5.75 Å². The molecule has 2 aromatic rings. The molecule has 6 heteroatoms. The summed E-state index contributed by atoms with van der Waals surface area (Å²) in [7, 11) is 1.56. The van der Waals surface area contributed by atoms with Gasteiger partial charge in [0.05, 0.1) is 19.6 Å². The molecule has 1 amide bonds. The zero-order chi connectivity index (χ0) is 16.7. The van der Waals surface area contributed by atoms with Gasteiger partial charge in [-0.1, -0.05) is 24.3 Å². The number of rotatable bonds is 7. The molecule has 1 heterocycles. The van der Waals surface area contributed by atoms with E-state index in [1.54, 1.807) is 19.3 Å². The molecular formula is C17H17NO4S. The lowest BCUT2D eigenvalue weighted by molar-refractivity contribution is -0.137. The number of carboxylic acid groups (broad SMARTS) is 1. The summed E-state index contributed by atoms with van der Waals surface area (Å²) >= 11 is 1.41. The molecule has 5 nitrogen and oxygen atoms in total. The Morgan fingerprint density at radius 2 is 2.09 bits per heavy atom. The molecule has 0 aliphatic heterocycles. The lowest BCUT2D eigenvalue weighted by Crippen LogP contribution is -2.28. The first kappa shape index (κ1) is 16.8. The Labute approximate surface area is 138 Å². The number of aliphatic carboxylic acids is 1. The van der Waals surface area contributed by atoms with Crippen LogP contribution in [0.4, 0.5) is 0 Å². The topological polar surface area (TPSA) is 75.6 Å². The van der Waals surface area contributed by atoms with Crippen molar-refractivity contribution in [3.05, 3.63) is 58.3 Å². The van der Waals surface area contributed by atoms with E-state index in [0.717, 1.165) is 10.4 Å². The number of para-hydroxylation sites is 1. The molecule has 23 heavy (non-hydrogen) atoms. The molecule has 0 saturated carbocycles. The van der Waals surface area contributed by atoms with Gasteiger partial charge in [0.1, 0.15) is 5.75 Å². The van der Waals surface area contributed by atoms with Crippen LogP contribution in [0.15, 0.2) is 47.9 Å². The van der Waals surface area contributed by atoms with Gasteiger partial charge in [0.15, 0.2) is 0 Å². The van der Waals surface area contributed by atoms with Crippen molar-refractivity contribution >= 4 is 29.3 Å². The van der Waals surface area contributed by atoms with Crippen molar-refractivity contribution in [3.63, 3.8) is 0 Å². The predicted molar refractivity (Wildman–Crippen MR) is 89.5 cm³/mol. The van der Waals surface area contributed by atoms with Gasteiger partial charge in [0, 0.05) is 16.5 Å². The molecule has 0 radical (unpaired) electrons. The van der Waals surface area contributed by atoms with Crippen molar-refractivity contribution < 1.29 is 19.4 Å². The van der Waals surface area contributed by atoms with Crippen LogP contribution in [0.3, 0.4) is 0 Å². The van der Waals surface area contributed by atoms with E-state index < -0.39 is 12.0 Å². The SMILES string of the molecule is COc1ccccc1/C=C/C(=O)NC(CC(=O)O)c1cccs1. The summed E-state index contributed by atoms with van der Waals surface area (Å²) in [5.74, 6) is -0.648. The fourth-order valence-corrected chi connectivity index (χ4v) is 2.85. The number of methoxy groups -OCH3 is 1. The number of hydrogen-bond acceptors (Lipinski definition) is 4. The first-order valence-corrected chi connectivity index (χ1v) is 7.85. The lowest BCUT2D eigenvalue weighted by Gasteiger charge is -2.14. The Bertz CT molecular complexity index is 694. The van der Waals surface area contributed by atoms with Gasteiger partial charge in [-0.05, 0) is 23.6 Å². The van der Waals surface area contributed by atoms with Crippen molar-refractivity contribution in [1.29, 1.82) is 0 Å². The second-order valence-electron chi connectivity index (χ2n) is 4.75. The fourth-order valence-electron chi connectivity index (χ4n) is 2.08. The number of hydrogen-bond donors (Lipinski definition) is 2. The number of nitrogens with one attached hydrogen (secondary N) is 1. The van der Waals surface area contributed by atoms with Crippen molar-refractivity contribution in [1.82, 2.24) is 5.32 Å². The molecule has 0 saturated heterocycles. The van der Waals surface area contributed by atoms with Crippen LogP contribution in [0.2, 0.25) is 0 Å². The molecule has 2 N–H and O–H groups in total. The van der Waals surface area contributed by atoms with E-state index in [-0.39, 0.29) is 12.3 Å². The Morgan fingerprint density at radius 3 is 2.74 bits per heavy atom. The maximum absolute atomic E-state index is 12.1. The van der Waals surface area contributed by atoms with E-state index in [1.807, 2.05) is 35.7 Å². The van der Waals surface area contributed by atoms with Crippen LogP contribution in [0.5, 0.6) is 5.75 Å². The van der Waals surface area contributed by atoms with E-state index in [0.29, 0.717) is 5.75 Å². The molecule has 1 atom stereocenters. The zero-order valence-electron chi connectivity index (χ0n) is 12.6. The van der Waals surface area contributed by atoms with Crippen LogP contribution in [-0.4, -0.2) is 24.1 Å². The summed E-state index contributed by atoms with van der Waals surface area (Å²) in [6, 6.07) is 10.4. The molecule has 0 bridgehead atoms. The molecular weight excluding hydrogens is 314 g/mol. The number of amides is 1. The molecule has 2 rings (SSSR count). The minimum atomic E-state index is -0.961. The minimum absolute atomic E-state index is 0.158. The third kappa shape index (κ3) is 4.96. The number of benzene rings is 1. The Balaban J connectivity index is 2.07. The van der Waals surface area contributed by atoms with Crippen LogP contribution in [0, 0.1) is 0 Å². The van der Waals surface area contributed by atoms with Gasteiger partial charge in [-0.3, -0.25) is 9.59 Å². The summed E-state index contributed by atoms with van der Waals surface area (Å²) in [4.78, 5) is 23.9. The third-order valence-electron chi connectivity index (χ3n) is 3.14. The Hall–Kier alpha value is -2.60. The Morgan fingerprint density at radius 1 is 1.30 bits per heavy atom.